The Morgan fingerprint density at radius 3 is 2.86 bits per heavy atom. The van der Waals surface area contributed by atoms with Gasteiger partial charge in [0.1, 0.15) is 25.2 Å². The van der Waals surface area contributed by atoms with Crippen LogP contribution in [0.1, 0.15) is 5.89 Å². The minimum Gasteiger partial charge on any atom is -0.494 e. The molecular weight excluding hydrogens is 290 g/mol. The minimum absolute atomic E-state index is 0.0354. The Bertz CT molecular complexity index is 668. The Kier molecular flexibility index (Phi) is 4.19. The largest absolute Gasteiger partial charge is 0.494 e. The standard InChI is InChI=1S/C14H13N3O5/c18-12(9-21-10-4-2-1-3-5-10)15-14-17-16-13(22-14)11-8-19-6-7-20-11/h1-5,8H,6-7,9H2,(H,15,17,18). The summed E-state index contributed by atoms with van der Waals surface area (Å²) in [5.41, 5.74) is 0. The molecule has 0 bridgehead atoms. The molecule has 2 aromatic rings. The maximum absolute atomic E-state index is 11.7. The number of aromatic nitrogens is 2. The molecule has 1 amide bonds. The van der Waals surface area contributed by atoms with Gasteiger partial charge in [0.2, 0.25) is 5.76 Å². The lowest BCUT2D eigenvalue weighted by Crippen LogP contribution is -2.20. The monoisotopic (exact) mass is 303 g/mol. The van der Waals surface area contributed by atoms with Crippen LogP contribution in [0.2, 0.25) is 0 Å². The van der Waals surface area contributed by atoms with E-state index in [1.165, 1.54) is 6.26 Å². The molecule has 1 aliphatic rings. The minimum atomic E-state index is -0.408. The fourth-order valence-corrected chi connectivity index (χ4v) is 1.67. The summed E-state index contributed by atoms with van der Waals surface area (Å²) in [6.07, 6.45) is 1.39. The van der Waals surface area contributed by atoms with Crippen LogP contribution in [-0.4, -0.2) is 35.9 Å². The van der Waals surface area contributed by atoms with Crippen LogP contribution in [0.4, 0.5) is 6.01 Å². The van der Waals surface area contributed by atoms with Gasteiger partial charge in [0.15, 0.2) is 6.61 Å². The first-order valence-corrected chi connectivity index (χ1v) is 6.57. The summed E-state index contributed by atoms with van der Waals surface area (Å²) in [4.78, 5) is 11.7. The highest BCUT2D eigenvalue weighted by Crippen LogP contribution is 2.19. The fourth-order valence-electron chi connectivity index (χ4n) is 1.67. The molecule has 8 nitrogen and oxygen atoms in total. The van der Waals surface area contributed by atoms with Crippen LogP contribution in [0.3, 0.4) is 0 Å². The van der Waals surface area contributed by atoms with Crippen molar-refractivity contribution in [2.75, 3.05) is 25.1 Å². The molecule has 1 aromatic carbocycles. The topological polar surface area (TPSA) is 95.7 Å². The summed E-state index contributed by atoms with van der Waals surface area (Å²) < 4.78 is 21.0. The quantitative estimate of drug-likeness (QED) is 0.892. The summed E-state index contributed by atoms with van der Waals surface area (Å²) in [5.74, 6) is 0.661. The molecule has 0 unspecified atom stereocenters. The molecule has 0 atom stereocenters. The smallest absolute Gasteiger partial charge is 0.322 e. The van der Waals surface area contributed by atoms with Gasteiger partial charge in [-0.3, -0.25) is 10.1 Å². The molecule has 0 spiro atoms. The molecule has 3 rings (SSSR count). The van der Waals surface area contributed by atoms with E-state index >= 15 is 0 Å². The van der Waals surface area contributed by atoms with Gasteiger partial charge in [0, 0.05) is 0 Å². The van der Waals surface area contributed by atoms with E-state index in [2.05, 4.69) is 15.5 Å². The second-order valence-electron chi connectivity index (χ2n) is 4.26. The van der Waals surface area contributed by atoms with Crippen LogP contribution < -0.4 is 10.1 Å². The van der Waals surface area contributed by atoms with E-state index in [0.29, 0.717) is 24.7 Å². The highest BCUT2D eigenvalue weighted by Gasteiger charge is 2.17. The third-order valence-corrected chi connectivity index (χ3v) is 2.64. The number of carbonyl (C=O) groups excluding carboxylic acids is 1. The Hall–Kier alpha value is -3.03. The van der Waals surface area contributed by atoms with E-state index in [1.807, 2.05) is 18.2 Å². The average Bonchev–Trinajstić information content (AvgIpc) is 3.03. The lowest BCUT2D eigenvalue weighted by atomic mass is 10.3. The molecule has 0 fully saturated rings. The third-order valence-electron chi connectivity index (χ3n) is 2.64. The summed E-state index contributed by atoms with van der Waals surface area (Å²) in [7, 11) is 0. The maximum atomic E-state index is 11.7. The maximum Gasteiger partial charge on any atom is 0.322 e. The van der Waals surface area contributed by atoms with Gasteiger partial charge in [-0.05, 0) is 12.1 Å². The lowest BCUT2D eigenvalue weighted by molar-refractivity contribution is -0.118. The molecule has 1 aromatic heterocycles. The normalized spacial score (nSPS) is 13.5. The number of anilines is 1. The van der Waals surface area contributed by atoms with E-state index in [0.717, 1.165) is 0 Å². The van der Waals surface area contributed by atoms with Gasteiger partial charge in [-0.25, -0.2) is 0 Å². The van der Waals surface area contributed by atoms with Gasteiger partial charge in [-0.1, -0.05) is 23.3 Å². The number of ether oxygens (including phenoxy) is 3. The van der Waals surface area contributed by atoms with Gasteiger partial charge in [0.05, 0.1) is 0 Å². The van der Waals surface area contributed by atoms with Crippen LogP contribution in [0, 0.1) is 0 Å². The predicted molar refractivity (Wildman–Crippen MR) is 74.7 cm³/mol. The Labute approximate surface area is 125 Å². The van der Waals surface area contributed by atoms with Crippen LogP contribution in [-0.2, 0) is 14.3 Å². The zero-order chi connectivity index (χ0) is 15.2. The number of rotatable bonds is 5. The second kappa shape index (κ2) is 6.61. The van der Waals surface area contributed by atoms with Gasteiger partial charge < -0.3 is 18.6 Å². The van der Waals surface area contributed by atoms with Crippen molar-refractivity contribution in [3.05, 3.63) is 42.5 Å². The average molecular weight is 303 g/mol. The highest BCUT2D eigenvalue weighted by molar-refractivity contribution is 5.89. The van der Waals surface area contributed by atoms with E-state index in [4.69, 9.17) is 18.6 Å². The number of benzene rings is 1. The number of amides is 1. The fraction of sp³-hybridized carbons (Fsp3) is 0.214. The molecule has 0 saturated heterocycles. The Morgan fingerprint density at radius 2 is 2.09 bits per heavy atom. The molecule has 2 heterocycles. The van der Waals surface area contributed by atoms with Crippen molar-refractivity contribution >= 4 is 17.7 Å². The molecule has 0 radical (unpaired) electrons. The van der Waals surface area contributed by atoms with Crippen LogP contribution in [0.5, 0.6) is 5.75 Å². The predicted octanol–water partition coefficient (Wildman–Crippen LogP) is 1.43. The van der Waals surface area contributed by atoms with Gasteiger partial charge in [0.25, 0.3) is 11.8 Å². The molecule has 1 N–H and O–H groups in total. The van der Waals surface area contributed by atoms with Crippen molar-refractivity contribution in [2.24, 2.45) is 0 Å². The van der Waals surface area contributed by atoms with Gasteiger partial charge >= 0.3 is 6.01 Å². The highest BCUT2D eigenvalue weighted by atomic mass is 16.6. The van der Waals surface area contributed by atoms with Crippen molar-refractivity contribution in [3.63, 3.8) is 0 Å². The number of carbonyl (C=O) groups is 1. The Morgan fingerprint density at radius 1 is 1.23 bits per heavy atom. The van der Waals surface area contributed by atoms with Gasteiger partial charge in [-0.2, -0.15) is 0 Å². The number of hydrogen-bond acceptors (Lipinski definition) is 7. The number of nitrogens with one attached hydrogen (secondary N) is 1. The van der Waals surface area contributed by atoms with Crippen molar-refractivity contribution < 1.29 is 23.4 Å². The van der Waals surface area contributed by atoms with E-state index < -0.39 is 5.91 Å². The van der Waals surface area contributed by atoms with E-state index in [-0.39, 0.29) is 18.5 Å². The first kappa shape index (κ1) is 13.9. The summed E-state index contributed by atoms with van der Waals surface area (Å²) in [6.45, 7) is 0.711. The SMILES string of the molecule is O=C(COc1ccccc1)Nc1nnc(C2=COCCO2)o1. The van der Waals surface area contributed by atoms with Crippen molar-refractivity contribution in [3.8, 4) is 5.75 Å². The molecule has 114 valence electrons. The third kappa shape index (κ3) is 3.54. The van der Waals surface area contributed by atoms with Crippen LogP contribution in [0.25, 0.3) is 5.76 Å². The van der Waals surface area contributed by atoms with E-state index in [1.54, 1.807) is 12.1 Å². The number of hydrogen-bond donors (Lipinski definition) is 1. The van der Waals surface area contributed by atoms with Crippen molar-refractivity contribution in [2.45, 2.75) is 0 Å². The molecular formula is C14H13N3O5. The van der Waals surface area contributed by atoms with Crippen molar-refractivity contribution in [1.82, 2.24) is 10.2 Å². The van der Waals surface area contributed by atoms with E-state index in [9.17, 15) is 4.79 Å². The summed E-state index contributed by atoms with van der Waals surface area (Å²) in [6, 6.07) is 8.97. The Balaban J connectivity index is 1.53. The van der Waals surface area contributed by atoms with Gasteiger partial charge in [-0.15, -0.1) is 5.10 Å². The zero-order valence-corrected chi connectivity index (χ0v) is 11.5. The van der Waals surface area contributed by atoms with Crippen LogP contribution >= 0.6 is 0 Å². The molecule has 8 heteroatoms. The molecule has 0 aliphatic carbocycles. The molecule has 1 aliphatic heterocycles. The summed E-state index contributed by atoms with van der Waals surface area (Å²) >= 11 is 0. The molecule has 22 heavy (non-hydrogen) atoms. The first-order valence-electron chi connectivity index (χ1n) is 6.57. The zero-order valence-electron chi connectivity index (χ0n) is 11.5. The first-order chi connectivity index (χ1) is 10.8. The van der Waals surface area contributed by atoms with Crippen molar-refractivity contribution in [1.29, 1.82) is 0 Å². The summed E-state index contributed by atoms with van der Waals surface area (Å²) in [5, 5.41) is 9.92. The number of para-hydroxylation sites is 1. The second-order valence-corrected chi connectivity index (χ2v) is 4.26. The number of nitrogens with zero attached hydrogens (tertiary/aromatic N) is 2. The molecule has 0 saturated carbocycles. The lowest BCUT2D eigenvalue weighted by Gasteiger charge is -2.11. The van der Waals surface area contributed by atoms with Crippen LogP contribution in [0.15, 0.2) is 41.0 Å².